The predicted octanol–water partition coefficient (Wildman–Crippen LogP) is 1.22. The van der Waals surface area contributed by atoms with Crippen molar-refractivity contribution in [2.24, 2.45) is 0 Å². The molecule has 1 N–H and O–H groups in total. The Hall–Kier alpha value is -1.41. The topological polar surface area (TPSA) is 90.3 Å². The van der Waals surface area contributed by atoms with E-state index in [2.05, 4.69) is 9.71 Å². The van der Waals surface area contributed by atoms with Gasteiger partial charge in [0.25, 0.3) is 10.0 Å². The average molecular weight is 317 g/mol. The fourth-order valence-corrected chi connectivity index (χ4v) is 3.60. The van der Waals surface area contributed by atoms with Gasteiger partial charge >= 0.3 is 5.97 Å². The molecule has 7 nitrogen and oxygen atoms in total. The Labute approximate surface area is 125 Å². The number of rotatable bonds is 7. The van der Waals surface area contributed by atoms with Crippen LogP contribution in [-0.2, 0) is 26.1 Å². The van der Waals surface area contributed by atoms with Gasteiger partial charge in [0, 0.05) is 12.7 Å². The maximum atomic E-state index is 12.4. The minimum Gasteiger partial charge on any atom is -0.468 e. The number of ether oxygens (including phenoxy) is 1. The van der Waals surface area contributed by atoms with Crippen molar-refractivity contribution in [1.82, 2.24) is 14.3 Å². The number of carbonyl (C=O) groups is 1. The molecule has 0 amide bonds. The number of hydrogen-bond donors (Lipinski definition) is 1. The fourth-order valence-electron chi connectivity index (χ4n) is 2.20. The lowest BCUT2D eigenvalue weighted by atomic mass is 9.98. The summed E-state index contributed by atoms with van der Waals surface area (Å²) in [6.45, 7) is 7.63. The molecule has 1 unspecified atom stereocenters. The van der Waals surface area contributed by atoms with E-state index in [-0.39, 0.29) is 5.03 Å². The van der Waals surface area contributed by atoms with Crippen molar-refractivity contribution in [3.8, 4) is 0 Å². The first-order valence-corrected chi connectivity index (χ1v) is 8.34. The number of carbonyl (C=O) groups excluding carboxylic acids is 1. The van der Waals surface area contributed by atoms with Crippen LogP contribution in [0.4, 0.5) is 0 Å². The summed E-state index contributed by atoms with van der Waals surface area (Å²) in [6.07, 6.45) is 2.43. The lowest BCUT2D eigenvalue weighted by Crippen LogP contribution is -2.52. The van der Waals surface area contributed by atoms with Gasteiger partial charge in [-0.3, -0.25) is 4.79 Å². The van der Waals surface area contributed by atoms with Crippen molar-refractivity contribution >= 4 is 16.0 Å². The molecule has 0 fully saturated rings. The summed E-state index contributed by atoms with van der Waals surface area (Å²) in [6, 6.07) is 0. The Balaban J connectivity index is 3.14. The first-order valence-electron chi connectivity index (χ1n) is 6.86. The van der Waals surface area contributed by atoms with Gasteiger partial charge < -0.3 is 9.30 Å². The van der Waals surface area contributed by atoms with Gasteiger partial charge in [-0.05, 0) is 27.2 Å². The second-order valence-corrected chi connectivity index (χ2v) is 6.72. The Morgan fingerprint density at radius 3 is 2.52 bits per heavy atom. The summed E-state index contributed by atoms with van der Waals surface area (Å²) in [4.78, 5) is 15.9. The maximum Gasteiger partial charge on any atom is 0.326 e. The van der Waals surface area contributed by atoms with Gasteiger partial charge in [0.05, 0.1) is 7.11 Å². The van der Waals surface area contributed by atoms with Crippen LogP contribution in [0.2, 0.25) is 0 Å². The van der Waals surface area contributed by atoms with E-state index in [1.54, 1.807) is 11.5 Å². The Morgan fingerprint density at radius 2 is 2.10 bits per heavy atom. The third kappa shape index (κ3) is 3.82. The van der Waals surface area contributed by atoms with E-state index in [4.69, 9.17) is 4.74 Å². The summed E-state index contributed by atoms with van der Waals surface area (Å²) in [7, 11) is -2.65. The van der Waals surface area contributed by atoms with Crippen molar-refractivity contribution in [3.63, 3.8) is 0 Å². The summed E-state index contributed by atoms with van der Waals surface area (Å²) in [5.41, 5.74) is -1.30. The maximum absolute atomic E-state index is 12.4. The SMILES string of the molecule is CCCC(C)(NS(=O)(=O)c1cn(CC)c(C)n1)C(=O)OC. The molecule has 0 radical (unpaired) electrons. The largest absolute Gasteiger partial charge is 0.468 e. The van der Waals surface area contributed by atoms with E-state index in [0.717, 1.165) is 0 Å². The molecule has 0 saturated carbocycles. The number of aryl methyl sites for hydroxylation is 2. The predicted molar refractivity (Wildman–Crippen MR) is 78.3 cm³/mol. The van der Waals surface area contributed by atoms with E-state index in [0.29, 0.717) is 25.2 Å². The monoisotopic (exact) mass is 317 g/mol. The number of methoxy groups -OCH3 is 1. The molecule has 1 heterocycles. The molecule has 0 spiro atoms. The van der Waals surface area contributed by atoms with Crippen molar-refractivity contribution in [2.75, 3.05) is 7.11 Å². The van der Waals surface area contributed by atoms with Gasteiger partial charge in [0.15, 0.2) is 5.03 Å². The second-order valence-electron chi connectivity index (χ2n) is 5.09. The molecule has 0 bridgehead atoms. The third-order valence-electron chi connectivity index (χ3n) is 3.32. The lowest BCUT2D eigenvalue weighted by molar-refractivity contribution is -0.147. The molecular formula is C13H23N3O4S. The van der Waals surface area contributed by atoms with Gasteiger partial charge in [-0.15, -0.1) is 0 Å². The number of imidazole rings is 1. The molecule has 0 aliphatic carbocycles. The standard InChI is InChI=1S/C13H23N3O4S/c1-6-8-13(4,12(17)20-5)15-21(18,19)11-9-16(7-2)10(3)14-11/h9,15H,6-8H2,1-5H3. The summed E-state index contributed by atoms with van der Waals surface area (Å²) >= 11 is 0. The zero-order valence-electron chi connectivity index (χ0n) is 13.1. The highest BCUT2D eigenvalue weighted by Crippen LogP contribution is 2.19. The Kier molecular flexibility index (Phi) is 5.52. The lowest BCUT2D eigenvalue weighted by Gasteiger charge is -2.26. The van der Waals surface area contributed by atoms with Crippen molar-refractivity contribution in [1.29, 1.82) is 0 Å². The van der Waals surface area contributed by atoms with Crippen LogP contribution in [-0.4, -0.2) is 36.6 Å². The molecule has 21 heavy (non-hydrogen) atoms. The van der Waals surface area contributed by atoms with Crippen LogP contribution in [0.15, 0.2) is 11.2 Å². The fraction of sp³-hybridized carbons (Fsp3) is 0.692. The summed E-state index contributed by atoms with van der Waals surface area (Å²) < 4.78 is 33.7. The molecule has 1 aromatic heterocycles. The molecule has 1 aromatic rings. The first kappa shape index (κ1) is 17.6. The molecule has 1 rings (SSSR count). The number of sulfonamides is 1. The van der Waals surface area contributed by atoms with Crippen molar-refractivity contribution in [2.45, 2.75) is 57.6 Å². The van der Waals surface area contributed by atoms with Crippen LogP contribution in [0, 0.1) is 6.92 Å². The molecule has 0 aromatic carbocycles. The van der Waals surface area contributed by atoms with Crippen LogP contribution < -0.4 is 4.72 Å². The number of nitrogens with one attached hydrogen (secondary N) is 1. The summed E-state index contributed by atoms with van der Waals surface area (Å²) in [5, 5.41) is -0.0897. The molecule has 0 aliphatic rings. The van der Waals surface area contributed by atoms with Crippen LogP contribution in [0.5, 0.6) is 0 Å². The normalized spacial score (nSPS) is 14.7. The molecule has 0 aliphatic heterocycles. The van der Waals surface area contributed by atoms with Crippen LogP contribution in [0.3, 0.4) is 0 Å². The highest BCUT2D eigenvalue weighted by atomic mass is 32.2. The van der Waals surface area contributed by atoms with E-state index in [1.807, 2.05) is 13.8 Å². The van der Waals surface area contributed by atoms with Gasteiger partial charge in [0.2, 0.25) is 0 Å². The minimum atomic E-state index is -3.89. The highest BCUT2D eigenvalue weighted by Gasteiger charge is 2.39. The average Bonchev–Trinajstić information content (AvgIpc) is 2.79. The van der Waals surface area contributed by atoms with Crippen LogP contribution >= 0.6 is 0 Å². The van der Waals surface area contributed by atoms with Crippen molar-refractivity contribution in [3.05, 3.63) is 12.0 Å². The third-order valence-corrected chi connectivity index (χ3v) is 4.78. The first-order chi connectivity index (χ1) is 9.70. The molecule has 1 atom stereocenters. The number of esters is 1. The van der Waals surface area contributed by atoms with Crippen molar-refractivity contribution < 1.29 is 17.9 Å². The molecule has 0 saturated heterocycles. The molecular weight excluding hydrogens is 294 g/mol. The smallest absolute Gasteiger partial charge is 0.326 e. The van der Waals surface area contributed by atoms with E-state index < -0.39 is 21.5 Å². The van der Waals surface area contributed by atoms with Crippen LogP contribution in [0.25, 0.3) is 0 Å². The summed E-state index contributed by atoms with van der Waals surface area (Å²) in [5.74, 6) is -0.00675. The van der Waals surface area contributed by atoms with Gasteiger partial charge in [-0.25, -0.2) is 13.4 Å². The molecule has 8 heteroatoms. The number of nitrogens with zero attached hydrogens (tertiary/aromatic N) is 2. The van der Waals surface area contributed by atoms with Gasteiger partial charge in [-0.1, -0.05) is 13.3 Å². The number of hydrogen-bond acceptors (Lipinski definition) is 5. The van der Waals surface area contributed by atoms with Gasteiger partial charge in [-0.2, -0.15) is 4.72 Å². The Bertz CT molecular complexity index is 609. The Morgan fingerprint density at radius 1 is 1.48 bits per heavy atom. The van der Waals surface area contributed by atoms with E-state index in [9.17, 15) is 13.2 Å². The molecule has 120 valence electrons. The number of aromatic nitrogens is 2. The van der Waals surface area contributed by atoms with Gasteiger partial charge in [0.1, 0.15) is 11.4 Å². The second kappa shape index (κ2) is 6.57. The van der Waals surface area contributed by atoms with Crippen LogP contribution in [0.1, 0.15) is 39.4 Å². The quantitative estimate of drug-likeness (QED) is 0.764. The van der Waals surface area contributed by atoms with E-state index in [1.165, 1.54) is 20.2 Å². The highest BCUT2D eigenvalue weighted by molar-refractivity contribution is 7.89. The van der Waals surface area contributed by atoms with E-state index >= 15 is 0 Å². The minimum absolute atomic E-state index is 0.0897. The zero-order valence-corrected chi connectivity index (χ0v) is 14.0. The zero-order chi connectivity index (χ0) is 16.3.